The molecule has 0 unspecified atom stereocenters. The summed E-state index contributed by atoms with van der Waals surface area (Å²) in [6.45, 7) is 1.75. The lowest BCUT2D eigenvalue weighted by Gasteiger charge is -2.11. The van der Waals surface area contributed by atoms with Crippen LogP contribution in [0.2, 0.25) is 0 Å². The van der Waals surface area contributed by atoms with Crippen molar-refractivity contribution in [3.63, 3.8) is 0 Å². The summed E-state index contributed by atoms with van der Waals surface area (Å²) in [5, 5.41) is 14.7. The highest BCUT2D eigenvalue weighted by atomic mass is 16.3. The Kier molecular flexibility index (Phi) is 2.99. The van der Waals surface area contributed by atoms with E-state index in [1.807, 2.05) is 0 Å². The second-order valence-corrected chi connectivity index (χ2v) is 4.15. The summed E-state index contributed by atoms with van der Waals surface area (Å²) in [4.78, 5) is 22.8. The quantitative estimate of drug-likeness (QED) is 0.666. The Labute approximate surface area is 98.8 Å². The molecule has 17 heavy (non-hydrogen) atoms. The third-order valence-corrected chi connectivity index (χ3v) is 2.78. The molecular weight excluding hydrogens is 220 g/mol. The van der Waals surface area contributed by atoms with E-state index >= 15 is 0 Å². The topological polar surface area (TPSA) is 78.4 Å². The van der Waals surface area contributed by atoms with Gasteiger partial charge in [0.25, 0.3) is 0 Å². The number of nitrogens with one attached hydrogen (secondary N) is 2. The largest absolute Gasteiger partial charge is 0.508 e. The number of anilines is 1. The molecule has 0 saturated carbocycles. The number of aryl methyl sites for hydroxylation is 1. The van der Waals surface area contributed by atoms with Gasteiger partial charge < -0.3 is 15.7 Å². The van der Waals surface area contributed by atoms with Crippen LogP contribution in [0.4, 0.5) is 5.69 Å². The molecule has 0 radical (unpaired) electrons. The van der Waals surface area contributed by atoms with E-state index in [1.54, 1.807) is 19.1 Å². The Hall–Kier alpha value is -2.04. The van der Waals surface area contributed by atoms with Gasteiger partial charge in [-0.25, -0.2) is 0 Å². The molecule has 1 aromatic carbocycles. The minimum atomic E-state index is -0.448. The van der Waals surface area contributed by atoms with Crippen molar-refractivity contribution in [2.75, 3.05) is 5.32 Å². The van der Waals surface area contributed by atoms with Gasteiger partial charge in [-0.15, -0.1) is 0 Å². The predicted molar refractivity (Wildman–Crippen MR) is 62.6 cm³/mol. The normalized spacial score (nSPS) is 18.9. The number of hydrogen-bond donors (Lipinski definition) is 3. The van der Waals surface area contributed by atoms with Crippen molar-refractivity contribution >= 4 is 17.5 Å². The fourth-order valence-corrected chi connectivity index (χ4v) is 1.77. The van der Waals surface area contributed by atoms with Gasteiger partial charge in [0.2, 0.25) is 11.8 Å². The molecule has 0 aromatic heterocycles. The van der Waals surface area contributed by atoms with Gasteiger partial charge in [0.05, 0.1) is 0 Å². The summed E-state index contributed by atoms with van der Waals surface area (Å²) in [6.07, 6.45) is 0.925. The number of rotatable bonds is 2. The minimum Gasteiger partial charge on any atom is -0.508 e. The number of carbonyl (C=O) groups is 2. The molecule has 2 amide bonds. The zero-order valence-electron chi connectivity index (χ0n) is 9.49. The maximum absolute atomic E-state index is 11.8. The molecule has 1 aliphatic heterocycles. The van der Waals surface area contributed by atoms with Crippen LogP contribution >= 0.6 is 0 Å². The molecule has 0 spiro atoms. The molecule has 0 aliphatic carbocycles. The van der Waals surface area contributed by atoms with Gasteiger partial charge in [-0.2, -0.15) is 0 Å². The Morgan fingerprint density at radius 3 is 2.88 bits per heavy atom. The van der Waals surface area contributed by atoms with Crippen molar-refractivity contribution in [1.29, 1.82) is 0 Å². The number of amides is 2. The maximum atomic E-state index is 11.8. The van der Waals surface area contributed by atoms with Crippen molar-refractivity contribution < 1.29 is 14.7 Å². The van der Waals surface area contributed by atoms with E-state index in [0.717, 1.165) is 0 Å². The van der Waals surface area contributed by atoms with Gasteiger partial charge in [-0.1, -0.05) is 0 Å². The summed E-state index contributed by atoms with van der Waals surface area (Å²) in [6, 6.07) is 4.38. The van der Waals surface area contributed by atoms with Crippen LogP contribution in [0, 0.1) is 6.92 Å². The number of phenols is 1. The zero-order valence-corrected chi connectivity index (χ0v) is 9.49. The molecule has 5 heteroatoms. The monoisotopic (exact) mass is 234 g/mol. The van der Waals surface area contributed by atoms with Crippen molar-refractivity contribution in [2.45, 2.75) is 25.8 Å². The van der Waals surface area contributed by atoms with Gasteiger partial charge >= 0.3 is 0 Å². The molecule has 1 aliphatic rings. The van der Waals surface area contributed by atoms with Gasteiger partial charge in [0.15, 0.2) is 0 Å². The molecule has 1 atom stereocenters. The van der Waals surface area contributed by atoms with Crippen LogP contribution in [-0.2, 0) is 9.59 Å². The summed E-state index contributed by atoms with van der Waals surface area (Å²) >= 11 is 0. The lowest BCUT2D eigenvalue weighted by Crippen LogP contribution is -2.37. The van der Waals surface area contributed by atoms with E-state index in [4.69, 9.17) is 0 Å². The van der Waals surface area contributed by atoms with E-state index in [9.17, 15) is 14.7 Å². The Bertz CT molecular complexity index is 471. The molecule has 1 heterocycles. The Balaban J connectivity index is 2.03. The third kappa shape index (κ3) is 2.55. The molecule has 5 nitrogen and oxygen atoms in total. The van der Waals surface area contributed by atoms with E-state index in [2.05, 4.69) is 10.6 Å². The van der Waals surface area contributed by atoms with Gasteiger partial charge in [0.1, 0.15) is 11.8 Å². The second kappa shape index (κ2) is 4.45. The molecule has 1 aromatic rings. The molecule has 1 fully saturated rings. The van der Waals surface area contributed by atoms with Crippen LogP contribution in [0.5, 0.6) is 5.75 Å². The molecule has 90 valence electrons. The molecule has 2 rings (SSSR count). The van der Waals surface area contributed by atoms with Crippen molar-refractivity contribution in [3.8, 4) is 5.75 Å². The summed E-state index contributed by atoms with van der Waals surface area (Å²) < 4.78 is 0. The van der Waals surface area contributed by atoms with Crippen LogP contribution in [0.25, 0.3) is 0 Å². The Morgan fingerprint density at radius 2 is 2.29 bits per heavy atom. The van der Waals surface area contributed by atoms with Crippen LogP contribution in [0.15, 0.2) is 18.2 Å². The van der Waals surface area contributed by atoms with E-state index in [-0.39, 0.29) is 17.6 Å². The third-order valence-electron chi connectivity index (χ3n) is 2.78. The second-order valence-electron chi connectivity index (χ2n) is 4.15. The number of hydrogen-bond acceptors (Lipinski definition) is 3. The maximum Gasteiger partial charge on any atom is 0.246 e. The van der Waals surface area contributed by atoms with E-state index in [1.165, 1.54) is 6.07 Å². The smallest absolute Gasteiger partial charge is 0.246 e. The molecular formula is C12H14N2O3. The molecule has 0 bridgehead atoms. The Morgan fingerprint density at radius 1 is 1.53 bits per heavy atom. The van der Waals surface area contributed by atoms with Gasteiger partial charge in [-0.05, 0) is 37.1 Å². The van der Waals surface area contributed by atoms with Crippen LogP contribution in [0.3, 0.4) is 0 Å². The first kappa shape index (κ1) is 11.4. The highest BCUT2D eigenvalue weighted by molar-refractivity contribution is 5.99. The average molecular weight is 234 g/mol. The van der Waals surface area contributed by atoms with Crippen molar-refractivity contribution in [1.82, 2.24) is 5.32 Å². The SMILES string of the molecule is Cc1cc(NC(=O)[C@@H]2CCC(=O)N2)ccc1O. The van der Waals surface area contributed by atoms with Crippen LogP contribution < -0.4 is 10.6 Å². The average Bonchev–Trinajstić information content (AvgIpc) is 2.70. The number of benzene rings is 1. The predicted octanol–water partition coefficient (Wildman–Crippen LogP) is 0.918. The zero-order chi connectivity index (χ0) is 12.4. The van der Waals surface area contributed by atoms with Crippen molar-refractivity contribution in [2.24, 2.45) is 0 Å². The van der Waals surface area contributed by atoms with Gasteiger partial charge in [0, 0.05) is 12.1 Å². The fourth-order valence-electron chi connectivity index (χ4n) is 1.77. The summed E-state index contributed by atoms with van der Waals surface area (Å²) in [5.41, 5.74) is 1.31. The van der Waals surface area contributed by atoms with Crippen LogP contribution in [0.1, 0.15) is 18.4 Å². The highest BCUT2D eigenvalue weighted by Gasteiger charge is 2.27. The molecule has 1 saturated heterocycles. The number of carbonyl (C=O) groups excluding carboxylic acids is 2. The van der Waals surface area contributed by atoms with Crippen molar-refractivity contribution in [3.05, 3.63) is 23.8 Å². The first-order chi connectivity index (χ1) is 8.06. The van der Waals surface area contributed by atoms with Crippen LogP contribution in [-0.4, -0.2) is 23.0 Å². The minimum absolute atomic E-state index is 0.0907. The summed E-state index contributed by atoms with van der Waals surface area (Å²) in [7, 11) is 0. The standard InChI is InChI=1S/C12H14N2O3/c1-7-6-8(2-4-10(7)15)13-12(17)9-3-5-11(16)14-9/h2,4,6,9,15H,3,5H2,1H3,(H,13,17)(H,14,16)/t9-/m0/s1. The molecule has 3 N–H and O–H groups in total. The number of phenolic OH excluding ortho intramolecular Hbond substituents is 1. The fraction of sp³-hybridized carbons (Fsp3) is 0.333. The lowest BCUT2D eigenvalue weighted by atomic mass is 10.2. The van der Waals surface area contributed by atoms with Gasteiger partial charge in [-0.3, -0.25) is 9.59 Å². The van der Waals surface area contributed by atoms with E-state index in [0.29, 0.717) is 24.1 Å². The lowest BCUT2D eigenvalue weighted by molar-refractivity contribution is -0.122. The highest BCUT2D eigenvalue weighted by Crippen LogP contribution is 2.20. The number of aromatic hydroxyl groups is 1. The summed E-state index contributed by atoms with van der Waals surface area (Å²) in [5.74, 6) is -0.120. The first-order valence-corrected chi connectivity index (χ1v) is 5.46. The van der Waals surface area contributed by atoms with E-state index < -0.39 is 6.04 Å². The first-order valence-electron chi connectivity index (χ1n) is 5.46.